The van der Waals surface area contributed by atoms with Gasteiger partial charge in [0.05, 0.1) is 11.8 Å². The first-order chi connectivity index (χ1) is 7.65. The third kappa shape index (κ3) is 1.85. The number of carbonyl (C=O) groups excluding carboxylic acids is 2. The number of carbonyl (C=O) groups is 2. The van der Waals surface area contributed by atoms with E-state index in [1.807, 2.05) is 0 Å². The van der Waals surface area contributed by atoms with E-state index in [4.69, 9.17) is 5.73 Å². The molecule has 0 aromatic heterocycles. The maximum atomic E-state index is 11.8. The lowest BCUT2D eigenvalue weighted by molar-refractivity contribution is -0.138. The summed E-state index contributed by atoms with van der Waals surface area (Å²) in [5, 5.41) is 0. The van der Waals surface area contributed by atoms with Crippen LogP contribution in [0.5, 0.6) is 0 Å². The molecule has 2 heterocycles. The molecule has 0 bridgehead atoms. The second kappa shape index (κ2) is 4.51. The minimum Gasteiger partial charge on any atom is -0.330 e. The van der Waals surface area contributed by atoms with Gasteiger partial charge in [0.2, 0.25) is 11.8 Å². The number of imide groups is 1. The van der Waals surface area contributed by atoms with Gasteiger partial charge in [-0.15, -0.1) is 0 Å². The van der Waals surface area contributed by atoms with Crippen LogP contribution in [0.2, 0.25) is 0 Å². The van der Waals surface area contributed by atoms with Gasteiger partial charge in [-0.3, -0.25) is 14.5 Å². The standard InChI is InChI=1S/C11H19N3O2/c1-13-10(15)8-3-6-14(5-2-4-12)7-9(8)11(13)16/h8-9H,2-7,12H2,1H3. The molecule has 90 valence electrons. The molecule has 2 rings (SSSR count). The normalized spacial score (nSPS) is 31.0. The zero-order valence-electron chi connectivity index (χ0n) is 9.69. The van der Waals surface area contributed by atoms with E-state index in [9.17, 15) is 9.59 Å². The summed E-state index contributed by atoms with van der Waals surface area (Å²) in [6.45, 7) is 3.25. The predicted octanol–water partition coefficient (Wildman–Crippen LogP) is -0.728. The first-order valence-corrected chi connectivity index (χ1v) is 5.89. The van der Waals surface area contributed by atoms with Crippen LogP contribution in [0.4, 0.5) is 0 Å². The smallest absolute Gasteiger partial charge is 0.234 e. The van der Waals surface area contributed by atoms with Gasteiger partial charge in [-0.25, -0.2) is 0 Å². The Balaban J connectivity index is 1.99. The zero-order valence-corrected chi connectivity index (χ0v) is 9.69. The van der Waals surface area contributed by atoms with Crippen molar-refractivity contribution in [3.63, 3.8) is 0 Å². The molecule has 2 amide bonds. The summed E-state index contributed by atoms with van der Waals surface area (Å²) < 4.78 is 0. The van der Waals surface area contributed by atoms with Crippen LogP contribution in [0.3, 0.4) is 0 Å². The van der Waals surface area contributed by atoms with E-state index in [2.05, 4.69) is 4.90 Å². The molecule has 16 heavy (non-hydrogen) atoms. The molecule has 5 heteroatoms. The van der Waals surface area contributed by atoms with Gasteiger partial charge in [0, 0.05) is 13.6 Å². The van der Waals surface area contributed by atoms with Gasteiger partial charge in [-0.05, 0) is 32.5 Å². The topological polar surface area (TPSA) is 66.6 Å². The number of hydrogen-bond acceptors (Lipinski definition) is 4. The van der Waals surface area contributed by atoms with Crippen LogP contribution in [-0.2, 0) is 9.59 Å². The van der Waals surface area contributed by atoms with E-state index >= 15 is 0 Å². The Morgan fingerprint density at radius 3 is 2.69 bits per heavy atom. The summed E-state index contributed by atoms with van der Waals surface area (Å²) in [5.41, 5.74) is 5.47. The third-order valence-electron chi connectivity index (χ3n) is 3.67. The minimum atomic E-state index is -0.107. The summed E-state index contributed by atoms with van der Waals surface area (Å²) in [7, 11) is 1.59. The van der Waals surface area contributed by atoms with Gasteiger partial charge in [0.25, 0.3) is 0 Å². The van der Waals surface area contributed by atoms with Crippen molar-refractivity contribution in [1.29, 1.82) is 0 Å². The van der Waals surface area contributed by atoms with Crippen molar-refractivity contribution in [3.8, 4) is 0 Å². The molecule has 0 aliphatic carbocycles. The van der Waals surface area contributed by atoms with Gasteiger partial charge >= 0.3 is 0 Å². The second-order valence-electron chi connectivity index (χ2n) is 4.68. The fourth-order valence-corrected chi connectivity index (χ4v) is 2.69. The van der Waals surface area contributed by atoms with Crippen LogP contribution in [-0.4, -0.2) is 54.8 Å². The largest absolute Gasteiger partial charge is 0.330 e. The van der Waals surface area contributed by atoms with Crippen molar-refractivity contribution in [2.45, 2.75) is 12.8 Å². The van der Waals surface area contributed by atoms with Crippen LogP contribution in [0.25, 0.3) is 0 Å². The van der Waals surface area contributed by atoms with Crippen LogP contribution < -0.4 is 5.73 Å². The highest BCUT2D eigenvalue weighted by Gasteiger charge is 2.47. The van der Waals surface area contributed by atoms with E-state index in [1.165, 1.54) is 4.90 Å². The van der Waals surface area contributed by atoms with Gasteiger partial charge < -0.3 is 10.6 Å². The van der Waals surface area contributed by atoms with E-state index in [0.717, 1.165) is 32.5 Å². The highest BCUT2D eigenvalue weighted by atomic mass is 16.2. The summed E-state index contributed by atoms with van der Waals surface area (Å²) in [6.07, 6.45) is 1.76. The van der Waals surface area contributed by atoms with Gasteiger partial charge in [-0.1, -0.05) is 0 Å². The SMILES string of the molecule is CN1C(=O)C2CCN(CCCN)CC2C1=O. The summed E-state index contributed by atoms with van der Waals surface area (Å²) >= 11 is 0. The molecule has 0 spiro atoms. The fourth-order valence-electron chi connectivity index (χ4n) is 2.69. The Morgan fingerprint density at radius 2 is 2.00 bits per heavy atom. The van der Waals surface area contributed by atoms with E-state index in [-0.39, 0.29) is 23.7 Å². The lowest BCUT2D eigenvalue weighted by Gasteiger charge is -2.32. The van der Waals surface area contributed by atoms with Crippen molar-refractivity contribution < 1.29 is 9.59 Å². The number of likely N-dealkylation sites (tertiary alicyclic amines) is 2. The van der Waals surface area contributed by atoms with Crippen molar-refractivity contribution in [2.24, 2.45) is 17.6 Å². The molecular weight excluding hydrogens is 206 g/mol. The lowest BCUT2D eigenvalue weighted by Crippen LogP contribution is -2.42. The molecule has 0 radical (unpaired) electrons. The maximum absolute atomic E-state index is 11.8. The molecule has 2 unspecified atom stereocenters. The van der Waals surface area contributed by atoms with Crippen molar-refractivity contribution in [3.05, 3.63) is 0 Å². The van der Waals surface area contributed by atoms with Crippen LogP contribution in [0.1, 0.15) is 12.8 Å². The first-order valence-electron chi connectivity index (χ1n) is 5.89. The molecular formula is C11H19N3O2. The number of amides is 2. The number of rotatable bonds is 3. The quantitative estimate of drug-likeness (QED) is 0.643. The zero-order chi connectivity index (χ0) is 11.7. The molecule has 2 aliphatic heterocycles. The van der Waals surface area contributed by atoms with Gasteiger partial charge in [-0.2, -0.15) is 0 Å². The van der Waals surface area contributed by atoms with Crippen LogP contribution in [0.15, 0.2) is 0 Å². The average Bonchev–Trinajstić information content (AvgIpc) is 2.52. The Morgan fingerprint density at radius 1 is 1.31 bits per heavy atom. The van der Waals surface area contributed by atoms with Crippen LogP contribution >= 0.6 is 0 Å². The first kappa shape index (κ1) is 11.5. The van der Waals surface area contributed by atoms with Gasteiger partial charge in [0.15, 0.2) is 0 Å². The number of piperidine rings is 1. The highest BCUT2D eigenvalue weighted by molar-refractivity contribution is 6.05. The second-order valence-corrected chi connectivity index (χ2v) is 4.68. The van der Waals surface area contributed by atoms with Crippen molar-refractivity contribution in [2.75, 3.05) is 33.2 Å². The molecule has 0 aromatic rings. The molecule has 2 aliphatic rings. The predicted molar refractivity (Wildman–Crippen MR) is 59.5 cm³/mol. The van der Waals surface area contributed by atoms with E-state index in [1.54, 1.807) is 7.05 Å². The van der Waals surface area contributed by atoms with Gasteiger partial charge in [0.1, 0.15) is 0 Å². The molecule has 5 nitrogen and oxygen atoms in total. The Bertz CT molecular complexity index is 306. The Hall–Kier alpha value is -0.940. The van der Waals surface area contributed by atoms with Crippen molar-refractivity contribution in [1.82, 2.24) is 9.80 Å². The number of nitrogens with two attached hydrogens (primary N) is 1. The number of hydrogen-bond donors (Lipinski definition) is 1. The van der Waals surface area contributed by atoms with E-state index < -0.39 is 0 Å². The molecule has 2 fully saturated rings. The number of nitrogens with zero attached hydrogens (tertiary/aromatic N) is 2. The maximum Gasteiger partial charge on any atom is 0.234 e. The number of fused-ring (bicyclic) bond motifs is 1. The highest BCUT2D eigenvalue weighted by Crippen LogP contribution is 2.32. The molecule has 2 atom stereocenters. The average molecular weight is 225 g/mol. The Labute approximate surface area is 95.6 Å². The molecule has 0 saturated carbocycles. The fraction of sp³-hybridized carbons (Fsp3) is 0.818. The molecule has 2 N–H and O–H groups in total. The lowest BCUT2D eigenvalue weighted by atomic mass is 9.88. The summed E-state index contributed by atoms with van der Waals surface area (Å²) in [5.74, 6) is -0.170. The van der Waals surface area contributed by atoms with E-state index in [0.29, 0.717) is 6.54 Å². The summed E-state index contributed by atoms with van der Waals surface area (Å²) in [4.78, 5) is 27.1. The third-order valence-corrected chi connectivity index (χ3v) is 3.67. The molecule has 0 aromatic carbocycles. The van der Waals surface area contributed by atoms with Crippen LogP contribution in [0, 0.1) is 11.8 Å². The van der Waals surface area contributed by atoms with Crippen molar-refractivity contribution >= 4 is 11.8 Å². The monoisotopic (exact) mass is 225 g/mol. The Kier molecular flexibility index (Phi) is 3.25. The summed E-state index contributed by atoms with van der Waals surface area (Å²) in [6, 6.07) is 0. The minimum absolute atomic E-state index is 0.00699. The molecule has 2 saturated heterocycles.